The molecule has 1 aromatic heterocycles. The van der Waals surface area contributed by atoms with E-state index in [1.807, 2.05) is 12.1 Å². The van der Waals surface area contributed by atoms with Gasteiger partial charge in [0.05, 0.1) is 4.90 Å². The van der Waals surface area contributed by atoms with Gasteiger partial charge in [0.15, 0.2) is 0 Å². The number of piperidine rings is 1. The zero-order valence-electron chi connectivity index (χ0n) is 19.5. The highest BCUT2D eigenvalue weighted by Crippen LogP contribution is 2.30. The molecule has 1 amide bonds. The molecule has 1 saturated heterocycles. The molecule has 0 radical (unpaired) electrons. The van der Waals surface area contributed by atoms with Crippen LogP contribution in [0.4, 0.5) is 5.69 Å². The van der Waals surface area contributed by atoms with E-state index in [0.29, 0.717) is 53.9 Å². The van der Waals surface area contributed by atoms with E-state index in [4.69, 9.17) is 16.1 Å². The second-order valence-corrected chi connectivity index (χ2v) is 11.7. The summed E-state index contributed by atoms with van der Waals surface area (Å²) in [6, 6.07) is 20.1. The van der Waals surface area contributed by atoms with Gasteiger partial charge in [-0.25, -0.2) is 8.42 Å². The van der Waals surface area contributed by atoms with Crippen LogP contribution in [0.5, 0.6) is 0 Å². The Morgan fingerprint density at radius 1 is 1.03 bits per heavy atom. The first kappa shape index (κ1) is 25.4. The molecule has 8 nitrogen and oxygen atoms in total. The Balaban J connectivity index is 1.23. The Hall–Kier alpha value is -3.21. The summed E-state index contributed by atoms with van der Waals surface area (Å²) >= 11 is 9.27. The summed E-state index contributed by atoms with van der Waals surface area (Å²) in [4.78, 5) is 19.5. The van der Waals surface area contributed by atoms with E-state index in [1.165, 1.54) is 12.1 Å². The average molecular weight is 602 g/mol. The Bertz CT molecular complexity index is 1520. The van der Waals surface area contributed by atoms with Crippen LogP contribution in [0.2, 0.25) is 5.02 Å². The zero-order chi connectivity index (χ0) is 26.0. The summed E-state index contributed by atoms with van der Waals surface area (Å²) in [5, 5.41) is 4.72. The second-order valence-electron chi connectivity index (χ2n) is 8.67. The summed E-state index contributed by atoms with van der Waals surface area (Å²) in [6.45, 7) is 0.993. The summed E-state index contributed by atoms with van der Waals surface area (Å²) in [6.07, 6.45) is 1.33. The molecule has 37 heavy (non-hydrogen) atoms. The van der Waals surface area contributed by atoms with E-state index in [-0.39, 0.29) is 16.7 Å². The van der Waals surface area contributed by atoms with Gasteiger partial charge in [-0.05, 0) is 79.6 Å². The third-order valence-corrected chi connectivity index (χ3v) is 8.32. The lowest BCUT2D eigenvalue weighted by Gasteiger charge is -2.30. The number of likely N-dealkylation sites (tertiary alicyclic amines) is 1. The Labute approximate surface area is 227 Å². The Morgan fingerprint density at radius 3 is 2.43 bits per heavy atom. The second kappa shape index (κ2) is 10.6. The number of nitrogens with zero attached hydrogens (tertiary/aromatic N) is 3. The predicted octanol–water partition coefficient (Wildman–Crippen LogP) is 5.97. The van der Waals surface area contributed by atoms with E-state index in [2.05, 4.69) is 30.8 Å². The molecule has 2 heterocycles. The van der Waals surface area contributed by atoms with Gasteiger partial charge in [-0.2, -0.15) is 4.98 Å². The van der Waals surface area contributed by atoms with Crippen LogP contribution in [0.1, 0.15) is 35.0 Å². The van der Waals surface area contributed by atoms with Crippen molar-refractivity contribution in [1.82, 2.24) is 15.0 Å². The van der Waals surface area contributed by atoms with Gasteiger partial charge in [-0.3, -0.25) is 9.52 Å². The monoisotopic (exact) mass is 600 g/mol. The normalized spacial score (nSPS) is 14.5. The maximum Gasteiger partial charge on any atom is 0.261 e. The molecular formula is C26H22BrClN4O4S. The number of rotatable bonds is 6. The lowest BCUT2D eigenvalue weighted by atomic mass is 9.96. The number of carbonyl (C=O) groups is 1. The number of hydrogen-bond donors (Lipinski definition) is 1. The van der Waals surface area contributed by atoms with E-state index in [9.17, 15) is 13.2 Å². The van der Waals surface area contributed by atoms with Crippen molar-refractivity contribution in [3.8, 4) is 11.4 Å². The van der Waals surface area contributed by atoms with E-state index >= 15 is 0 Å². The standard InChI is InChI=1S/C26H22BrClN4O4S/c27-20-6-10-22(11-7-20)31-37(34,35)23-3-1-2-19(16-23)26(33)32-14-12-18(13-15-32)25-29-24(30-36-25)17-4-8-21(28)9-5-17/h1-11,16,18,31H,12-15H2. The van der Waals surface area contributed by atoms with Crippen LogP contribution in [-0.4, -0.2) is 42.5 Å². The highest BCUT2D eigenvalue weighted by atomic mass is 79.9. The number of anilines is 1. The molecule has 0 unspecified atom stereocenters. The summed E-state index contributed by atoms with van der Waals surface area (Å²) < 4.78 is 34.7. The molecule has 1 aliphatic rings. The number of nitrogens with one attached hydrogen (secondary N) is 1. The van der Waals surface area contributed by atoms with Crippen molar-refractivity contribution < 1.29 is 17.7 Å². The molecule has 1 fully saturated rings. The van der Waals surface area contributed by atoms with Crippen LogP contribution in [0.25, 0.3) is 11.4 Å². The first-order valence-corrected chi connectivity index (χ1v) is 14.2. The highest BCUT2D eigenvalue weighted by Gasteiger charge is 2.29. The topological polar surface area (TPSA) is 105 Å². The smallest absolute Gasteiger partial charge is 0.261 e. The van der Waals surface area contributed by atoms with Gasteiger partial charge < -0.3 is 9.42 Å². The van der Waals surface area contributed by atoms with Gasteiger partial charge in [-0.15, -0.1) is 0 Å². The van der Waals surface area contributed by atoms with Gasteiger partial charge in [0.25, 0.3) is 15.9 Å². The first-order valence-electron chi connectivity index (χ1n) is 11.6. The highest BCUT2D eigenvalue weighted by molar-refractivity contribution is 9.10. The van der Waals surface area contributed by atoms with Crippen molar-refractivity contribution in [3.05, 3.63) is 93.7 Å². The van der Waals surface area contributed by atoms with Crippen molar-refractivity contribution in [3.63, 3.8) is 0 Å². The van der Waals surface area contributed by atoms with Gasteiger partial charge in [0.2, 0.25) is 11.7 Å². The van der Waals surface area contributed by atoms with Crippen LogP contribution >= 0.6 is 27.5 Å². The molecule has 3 aromatic carbocycles. The van der Waals surface area contributed by atoms with E-state index < -0.39 is 10.0 Å². The molecule has 0 atom stereocenters. The van der Waals surface area contributed by atoms with E-state index in [0.717, 1.165) is 10.0 Å². The summed E-state index contributed by atoms with van der Waals surface area (Å²) in [7, 11) is -3.85. The average Bonchev–Trinajstić information content (AvgIpc) is 3.40. The van der Waals surface area contributed by atoms with Crippen LogP contribution in [0.15, 0.2) is 86.7 Å². The largest absolute Gasteiger partial charge is 0.339 e. The minimum Gasteiger partial charge on any atom is -0.339 e. The molecule has 0 spiro atoms. The molecule has 1 aliphatic heterocycles. The maximum absolute atomic E-state index is 13.2. The molecule has 4 aromatic rings. The SMILES string of the molecule is O=C(c1cccc(S(=O)(=O)Nc2ccc(Br)cc2)c1)N1CCC(c2nc(-c3ccc(Cl)cc3)no2)CC1. The van der Waals surface area contributed by atoms with Crippen molar-refractivity contribution in [2.24, 2.45) is 0 Å². The quantitative estimate of drug-likeness (QED) is 0.292. The summed E-state index contributed by atoms with van der Waals surface area (Å²) in [5.41, 5.74) is 1.57. The predicted molar refractivity (Wildman–Crippen MR) is 144 cm³/mol. The van der Waals surface area contributed by atoms with Crippen molar-refractivity contribution >= 4 is 49.1 Å². The molecule has 0 bridgehead atoms. The maximum atomic E-state index is 13.2. The fourth-order valence-corrected chi connectivity index (χ4v) is 5.65. The fourth-order valence-electron chi connectivity index (χ4n) is 4.16. The van der Waals surface area contributed by atoms with Crippen LogP contribution < -0.4 is 4.72 Å². The van der Waals surface area contributed by atoms with Gasteiger partial charge in [0.1, 0.15) is 0 Å². The zero-order valence-corrected chi connectivity index (χ0v) is 22.6. The number of halogens is 2. The number of aromatic nitrogens is 2. The minimum absolute atomic E-state index is 0.0248. The molecule has 0 aliphatic carbocycles. The van der Waals surface area contributed by atoms with Crippen molar-refractivity contribution in [2.45, 2.75) is 23.7 Å². The molecule has 11 heteroatoms. The lowest BCUT2D eigenvalue weighted by Crippen LogP contribution is -2.38. The van der Waals surface area contributed by atoms with E-state index in [1.54, 1.807) is 53.4 Å². The van der Waals surface area contributed by atoms with Crippen molar-refractivity contribution in [1.29, 1.82) is 0 Å². The third kappa shape index (κ3) is 5.87. The van der Waals surface area contributed by atoms with Crippen LogP contribution in [0.3, 0.4) is 0 Å². The van der Waals surface area contributed by atoms with Gasteiger partial charge in [0, 0.05) is 45.3 Å². The molecule has 190 valence electrons. The van der Waals surface area contributed by atoms with Gasteiger partial charge >= 0.3 is 0 Å². The van der Waals surface area contributed by atoms with Crippen molar-refractivity contribution in [2.75, 3.05) is 17.8 Å². The minimum atomic E-state index is -3.85. The van der Waals surface area contributed by atoms with Crippen LogP contribution in [0, 0.1) is 0 Å². The number of amides is 1. The molecule has 5 rings (SSSR count). The number of sulfonamides is 1. The molecule has 0 saturated carbocycles. The van der Waals surface area contributed by atoms with Gasteiger partial charge in [-0.1, -0.05) is 38.8 Å². The van der Waals surface area contributed by atoms with Crippen LogP contribution in [-0.2, 0) is 10.0 Å². The Kier molecular flexibility index (Phi) is 7.32. The Morgan fingerprint density at radius 2 is 1.73 bits per heavy atom. The number of carbonyl (C=O) groups excluding carboxylic acids is 1. The molecule has 1 N–H and O–H groups in total. The fraction of sp³-hybridized carbons (Fsp3) is 0.192. The summed E-state index contributed by atoms with van der Waals surface area (Å²) in [5.74, 6) is 0.870. The number of hydrogen-bond acceptors (Lipinski definition) is 6. The molecular weight excluding hydrogens is 580 g/mol. The first-order chi connectivity index (χ1) is 17.8. The number of benzene rings is 3. The third-order valence-electron chi connectivity index (χ3n) is 6.16. The lowest BCUT2D eigenvalue weighted by molar-refractivity contribution is 0.0704.